The van der Waals surface area contributed by atoms with Gasteiger partial charge in [0.1, 0.15) is 17.3 Å². The molecule has 0 saturated heterocycles. The average Bonchev–Trinajstić information content (AvgIpc) is 2.77. The average molecular weight is 474 g/mol. The third-order valence-electron chi connectivity index (χ3n) is 4.56. The minimum atomic E-state index is -0.599. The Morgan fingerprint density at radius 2 is 1.59 bits per heavy atom. The molecule has 1 amide bonds. The molecular weight excluding hydrogens is 453 g/mol. The summed E-state index contributed by atoms with van der Waals surface area (Å²) >= 11 is 11.6. The lowest BCUT2D eigenvalue weighted by atomic mass is 10.2. The van der Waals surface area contributed by atoms with Crippen LogP contribution in [0.4, 0.5) is 21.5 Å². The molecule has 0 aliphatic heterocycles. The van der Waals surface area contributed by atoms with Crippen molar-refractivity contribution in [1.82, 2.24) is 0 Å². The minimum absolute atomic E-state index is 0.0512. The first-order valence-electron chi connectivity index (χ1n) is 9.48. The van der Waals surface area contributed by atoms with Gasteiger partial charge < -0.3 is 25.4 Å². The summed E-state index contributed by atoms with van der Waals surface area (Å²) in [6, 6.07) is 14.2. The second kappa shape index (κ2) is 10.3. The van der Waals surface area contributed by atoms with Crippen LogP contribution in [0, 0.1) is 12.7 Å². The molecule has 0 unspecified atom stereocenters. The van der Waals surface area contributed by atoms with Gasteiger partial charge in [-0.05, 0) is 61.1 Å². The standard InChI is InChI=1S/C23H21ClFN3O3S/c1-13-10-20(30-2)19(12-16(13)24)28-23(32)27-18-9-8-14(11-21(18)31-3)26-22(29)15-6-4-5-7-17(15)25/h4-12H,1-3H3,(H,26,29)(H2,27,28,32). The van der Waals surface area contributed by atoms with E-state index in [1.165, 1.54) is 25.3 Å². The maximum Gasteiger partial charge on any atom is 0.258 e. The number of ether oxygens (including phenoxy) is 2. The fraction of sp³-hybridized carbons (Fsp3) is 0.130. The second-order valence-electron chi connectivity index (χ2n) is 6.73. The van der Waals surface area contributed by atoms with Crippen molar-refractivity contribution in [2.24, 2.45) is 0 Å². The Hall–Kier alpha value is -3.36. The van der Waals surface area contributed by atoms with Gasteiger partial charge in [-0.15, -0.1) is 0 Å². The van der Waals surface area contributed by atoms with Crippen LogP contribution in [0.3, 0.4) is 0 Å². The van der Waals surface area contributed by atoms with Gasteiger partial charge in [-0.1, -0.05) is 23.7 Å². The van der Waals surface area contributed by atoms with Crippen molar-refractivity contribution in [2.45, 2.75) is 6.92 Å². The van der Waals surface area contributed by atoms with Crippen molar-refractivity contribution in [1.29, 1.82) is 0 Å². The number of carbonyl (C=O) groups is 1. The Morgan fingerprint density at radius 1 is 0.938 bits per heavy atom. The number of rotatable bonds is 6. The van der Waals surface area contributed by atoms with Crippen LogP contribution in [0.15, 0.2) is 54.6 Å². The molecule has 0 aliphatic rings. The molecule has 3 aromatic rings. The number of halogens is 2. The third kappa shape index (κ3) is 5.46. The summed E-state index contributed by atoms with van der Waals surface area (Å²) in [5.74, 6) is -0.145. The minimum Gasteiger partial charge on any atom is -0.495 e. The van der Waals surface area contributed by atoms with Crippen LogP contribution in [0.2, 0.25) is 5.02 Å². The number of thiocarbonyl (C=S) groups is 1. The summed E-state index contributed by atoms with van der Waals surface area (Å²) in [5.41, 5.74) is 2.43. The molecule has 0 atom stereocenters. The molecule has 3 aromatic carbocycles. The van der Waals surface area contributed by atoms with E-state index >= 15 is 0 Å². The van der Waals surface area contributed by atoms with E-state index < -0.39 is 11.7 Å². The fourth-order valence-electron chi connectivity index (χ4n) is 2.91. The monoisotopic (exact) mass is 473 g/mol. The van der Waals surface area contributed by atoms with Gasteiger partial charge in [0, 0.05) is 16.8 Å². The van der Waals surface area contributed by atoms with Gasteiger partial charge in [0.25, 0.3) is 5.91 Å². The zero-order valence-electron chi connectivity index (χ0n) is 17.6. The van der Waals surface area contributed by atoms with Crippen molar-refractivity contribution >= 4 is 51.9 Å². The first-order valence-corrected chi connectivity index (χ1v) is 10.3. The lowest BCUT2D eigenvalue weighted by Crippen LogP contribution is -2.20. The Labute approximate surface area is 195 Å². The molecule has 0 heterocycles. The van der Waals surface area contributed by atoms with Crippen LogP contribution in [0.5, 0.6) is 11.5 Å². The third-order valence-corrected chi connectivity index (χ3v) is 5.17. The van der Waals surface area contributed by atoms with Gasteiger partial charge in [0.05, 0.1) is 31.2 Å². The first-order chi connectivity index (χ1) is 15.3. The molecular formula is C23H21ClFN3O3S. The number of anilines is 3. The summed E-state index contributed by atoms with van der Waals surface area (Å²) in [6.45, 7) is 1.88. The summed E-state index contributed by atoms with van der Waals surface area (Å²) in [5, 5.41) is 9.60. The summed E-state index contributed by atoms with van der Waals surface area (Å²) in [4.78, 5) is 12.4. The van der Waals surface area contributed by atoms with Gasteiger partial charge in [-0.25, -0.2) is 4.39 Å². The van der Waals surface area contributed by atoms with E-state index in [9.17, 15) is 9.18 Å². The van der Waals surface area contributed by atoms with Gasteiger partial charge in [0.15, 0.2) is 5.11 Å². The quantitative estimate of drug-likeness (QED) is 0.389. The van der Waals surface area contributed by atoms with E-state index in [0.717, 1.165) is 5.56 Å². The molecule has 0 aliphatic carbocycles. The van der Waals surface area contributed by atoms with Gasteiger partial charge in [0.2, 0.25) is 0 Å². The van der Waals surface area contributed by atoms with E-state index in [-0.39, 0.29) is 10.7 Å². The highest BCUT2D eigenvalue weighted by Gasteiger charge is 2.14. The maximum absolute atomic E-state index is 13.8. The Balaban J connectivity index is 1.74. The van der Waals surface area contributed by atoms with Crippen LogP contribution in [0.25, 0.3) is 0 Å². The van der Waals surface area contributed by atoms with E-state index in [4.69, 9.17) is 33.3 Å². The molecule has 3 N–H and O–H groups in total. The second-order valence-corrected chi connectivity index (χ2v) is 7.55. The van der Waals surface area contributed by atoms with Crippen molar-refractivity contribution in [3.05, 3.63) is 76.6 Å². The number of methoxy groups -OCH3 is 2. The normalized spacial score (nSPS) is 10.3. The number of aryl methyl sites for hydroxylation is 1. The Morgan fingerprint density at radius 3 is 2.28 bits per heavy atom. The molecule has 9 heteroatoms. The fourth-order valence-corrected chi connectivity index (χ4v) is 3.30. The topological polar surface area (TPSA) is 71.6 Å². The predicted molar refractivity (Wildman–Crippen MR) is 130 cm³/mol. The summed E-state index contributed by atoms with van der Waals surface area (Å²) in [6.07, 6.45) is 0. The summed E-state index contributed by atoms with van der Waals surface area (Å²) < 4.78 is 24.6. The van der Waals surface area contributed by atoms with Gasteiger partial charge in [-0.3, -0.25) is 4.79 Å². The zero-order chi connectivity index (χ0) is 23.3. The number of hydrogen-bond donors (Lipinski definition) is 3. The van der Waals surface area contributed by atoms with Gasteiger partial charge >= 0.3 is 0 Å². The van der Waals surface area contributed by atoms with Gasteiger partial charge in [-0.2, -0.15) is 0 Å². The van der Waals surface area contributed by atoms with Crippen LogP contribution in [-0.4, -0.2) is 25.2 Å². The molecule has 32 heavy (non-hydrogen) atoms. The van der Waals surface area contributed by atoms with E-state index in [1.807, 2.05) is 6.92 Å². The summed E-state index contributed by atoms with van der Waals surface area (Å²) in [7, 11) is 3.05. The lowest BCUT2D eigenvalue weighted by molar-refractivity contribution is 0.102. The van der Waals surface area contributed by atoms with Crippen molar-refractivity contribution in [2.75, 3.05) is 30.2 Å². The molecule has 0 spiro atoms. The van der Waals surface area contributed by atoms with Crippen LogP contribution >= 0.6 is 23.8 Å². The molecule has 0 radical (unpaired) electrons. The number of amides is 1. The molecule has 0 aromatic heterocycles. The molecule has 0 bridgehead atoms. The highest BCUT2D eigenvalue weighted by Crippen LogP contribution is 2.32. The van der Waals surface area contributed by atoms with E-state index in [2.05, 4.69) is 16.0 Å². The van der Waals surface area contributed by atoms with Crippen molar-refractivity contribution in [3.8, 4) is 11.5 Å². The highest BCUT2D eigenvalue weighted by molar-refractivity contribution is 7.80. The van der Waals surface area contributed by atoms with Crippen LogP contribution < -0.4 is 25.4 Å². The van der Waals surface area contributed by atoms with E-state index in [0.29, 0.717) is 33.6 Å². The number of benzene rings is 3. The van der Waals surface area contributed by atoms with Crippen LogP contribution in [-0.2, 0) is 0 Å². The molecule has 6 nitrogen and oxygen atoms in total. The maximum atomic E-state index is 13.8. The first kappa shape index (κ1) is 23.3. The number of carbonyl (C=O) groups excluding carboxylic acids is 1. The van der Waals surface area contributed by atoms with Crippen molar-refractivity contribution < 1.29 is 18.7 Å². The Kier molecular flexibility index (Phi) is 7.50. The van der Waals surface area contributed by atoms with E-state index in [1.54, 1.807) is 43.5 Å². The number of nitrogens with one attached hydrogen (secondary N) is 3. The molecule has 0 fully saturated rings. The smallest absolute Gasteiger partial charge is 0.258 e. The Bertz CT molecular complexity index is 1170. The highest BCUT2D eigenvalue weighted by atomic mass is 35.5. The largest absolute Gasteiger partial charge is 0.495 e. The lowest BCUT2D eigenvalue weighted by Gasteiger charge is -2.17. The molecule has 166 valence electrons. The molecule has 3 rings (SSSR count). The van der Waals surface area contributed by atoms with Crippen LogP contribution in [0.1, 0.15) is 15.9 Å². The molecule has 0 saturated carbocycles. The SMILES string of the molecule is COc1cc(NC(=O)c2ccccc2F)ccc1NC(=S)Nc1cc(Cl)c(C)cc1OC. The predicted octanol–water partition coefficient (Wildman–Crippen LogP) is 5.87. The van der Waals surface area contributed by atoms with Crippen molar-refractivity contribution in [3.63, 3.8) is 0 Å². The zero-order valence-corrected chi connectivity index (χ0v) is 19.2. The number of hydrogen-bond acceptors (Lipinski definition) is 4.